The maximum absolute atomic E-state index is 11.3. The Balaban J connectivity index is 1.98. The minimum absolute atomic E-state index is 0.158. The molecule has 5 heteroatoms. The summed E-state index contributed by atoms with van der Waals surface area (Å²) in [5.41, 5.74) is 10.6. The van der Waals surface area contributed by atoms with Crippen LogP contribution in [0.15, 0.2) is 54.7 Å². The predicted molar refractivity (Wildman–Crippen MR) is 136 cm³/mol. The number of fused-ring (bicyclic) bond motifs is 1. The molecule has 2 N–H and O–H groups in total. The van der Waals surface area contributed by atoms with Crippen LogP contribution < -0.4 is 10.8 Å². The highest BCUT2D eigenvalue weighted by Crippen LogP contribution is 2.57. The molecule has 1 aliphatic heterocycles. The van der Waals surface area contributed by atoms with Crippen LogP contribution in [0.3, 0.4) is 0 Å². The summed E-state index contributed by atoms with van der Waals surface area (Å²) >= 11 is 0. The number of benzene rings is 2. The highest BCUT2D eigenvalue weighted by atomic mass is 16.7. The van der Waals surface area contributed by atoms with E-state index in [-0.39, 0.29) is 11.5 Å². The molecule has 0 radical (unpaired) electrons. The molecule has 2 unspecified atom stereocenters. The number of nitriles is 1. The second-order valence-electron chi connectivity index (χ2n) is 9.56. The largest absolute Gasteiger partial charge is 0.328 e. The average Bonchev–Trinajstić information content (AvgIpc) is 2.90. The van der Waals surface area contributed by atoms with Gasteiger partial charge in [-0.3, -0.25) is 4.84 Å². The molecule has 34 heavy (non-hydrogen) atoms. The lowest BCUT2D eigenvalue weighted by atomic mass is 9.56. The van der Waals surface area contributed by atoms with E-state index in [9.17, 15) is 10.1 Å². The molecule has 178 valence electrons. The first-order valence-corrected chi connectivity index (χ1v) is 12.6. The van der Waals surface area contributed by atoms with Crippen molar-refractivity contribution in [2.75, 3.05) is 11.6 Å². The zero-order valence-electron chi connectivity index (χ0n) is 20.1. The minimum Gasteiger partial charge on any atom is -0.328 e. The Morgan fingerprint density at radius 1 is 1.18 bits per heavy atom. The van der Waals surface area contributed by atoms with Gasteiger partial charge in [-0.1, -0.05) is 55.7 Å². The molecule has 1 heterocycles. The number of anilines is 1. The zero-order valence-corrected chi connectivity index (χ0v) is 20.1. The summed E-state index contributed by atoms with van der Waals surface area (Å²) in [4.78, 5) is 17.6. The number of rotatable bonds is 9. The summed E-state index contributed by atoms with van der Waals surface area (Å²) in [6, 6.07) is 18.7. The summed E-state index contributed by atoms with van der Waals surface area (Å²) in [5.74, 6) is 0.432. The molecule has 2 aromatic rings. The first kappa shape index (κ1) is 24.2. The van der Waals surface area contributed by atoms with Crippen molar-refractivity contribution in [1.82, 2.24) is 0 Å². The molecule has 1 saturated carbocycles. The zero-order chi connectivity index (χ0) is 24.0. The van der Waals surface area contributed by atoms with Gasteiger partial charge in [0.1, 0.15) is 6.29 Å². The average molecular weight is 458 g/mol. The van der Waals surface area contributed by atoms with Crippen LogP contribution >= 0.6 is 0 Å². The summed E-state index contributed by atoms with van der Waals surface area (Å²) < 4.78 is 0. The third-order valence-corrected chi connectivity index (χ3v) is 7.51. The Labute approximate surface area is 203 Å². The van der Waals surface area contributed by atoms with E-state index in [1.54, 1.807) is 0 Å². The molecule has 1 fully saturated rings. The van der Waals surface area contributed by atoms with Gasteiger partial charge in [0, 0.05) is 24.6 Å². The molecule has 0 amide bonds. The van der Waals surface area contributed by atoms with Gasteiger partial charge in [0.15, 0.2) is 0 Å². The number of nitrogens with two attached hydrogens (primary N) is 1. The fourth-order valence-electron chi connectivity index (χ4n) is 5.91. The van der Waals surface area contributed by atoms with Crippen LogP contribution in [0.1, 0.15) is 75.0 Å². The molecule has 2 aliphatic rings. The first-order valence-electron chi connectivity index (χ1n) is 12.6. The Morgan fingerprint density at radius 3 is 2.65 bits per heavy atom. The van der Waals surface area contributed by atoms with E-state index >= 15 is 0 Å². The van der Waals surface area contributed by atoms with Crippen LogP contribution in [0.2, 0.25) is 0 Å². The second-order valence-corrected chi connectivity index (χ2v) is 9.56. The highest BCUT2D eigenvalue weighted by molar-refractivity contribution is 5.86. The third-order valence-electron chi connectivity index (χ3n) is 7.51. The van der Waals surface area contributed by atoms with Gasteiger partial charge in [-0.25, -0.2) is 5.06 Å². The number of unbranched alkanes of at least 4 members (excludes halogenated alkanes) is 1. The Morgan fingerprint density at radius 2 is 1.91 bits per heavy atom. The van der Waals surface area contributed by atoms with Crippen LogP contribution in [0.4, 0.5) is 5.69 Å². The van der Waals surface area contributed by atoms with Crippen LogP contribution in [-0.2, 0) is 15.0 Å². The Bertz CT molecular complexity index is 1070. The van der Waals surface area contributed by atoms with Crippen LogP contribution in [-0.4, -0.2) is 18.9 Å². The molecule has 0 aromatic heterocycles. The van der Waals surface area contributed by atoms with Crippen molar-refractivity contribution in [1.29, 1.82) is 5.26 Å². The number of hydroxylamine groups is 1. The van der Waals surface area contributed by atoms with E-state index in [1.165, 1.54) is 24.8 Å². The van der Waals surface area contributed by atoms with E-state index in [2.05, 4.69) is 36.5 Å². The fraction of sp³-hybridized carbons (Fsp3) is 0.448. The molecule has 2 atom stereocenters. The third kappa shape index (κ3) is 4.53. The van der Waals surface area contributed by atoms with E-state index in [0.717, 1.165) is 48.8 Å². The lowest BCUT2D eigenvalue weighted by molar-refractivity contribution is -0.108. The van der Waals surface area contributed by atoms with Gasteiger partial charge in [0.25, 0.3) is 0 Å². The summed E-state index contributed by atoms with van der Waals surface area (Å²) in [6.07, 6.45) is 11.1. The van der Waals surface area contributed by atoms with Crippen molar-refractivity contribution >= 4 is 17.5 Å². The monoisotopic (exact) mass is 457 g/mol. The SMILES string of the molecule is CC(CN)ON1C=C(c2ccccc2C#N)C(CCCC=O)(C2CCCCC2)c2ccccc21. The van der Waals surface area contributed by atoms with Gasteiger partial charge in [0.05, 0.1) is 23.4 Å². The van der Waals surface area contributed by atoms with Crippen molar-refractivity contribution in [2.45, 2.75) is 69.8 Å². The van der Waals surface area contributed by atoms with Gasteiger partial charge >= 0.3 is 0 Å². The highest BCUT2D eigenvalue weighted by Gasteiger charge is 2.48. The van der Waals surface area contributed by atoms with Gasteiger partial charge in [-0.15, -0.1) is 0 Å². The van der Waals surface area contributed by atoms with Crippen molar-refractivity contribution in [3.05, 3.63) is 71.4 Å². The number of hydrogen-bond acceptors (Lipinski definition) is 5. The van der Waals surface area contributed by atoms with Crippen LogP contribution in [0.25, 0.3) is 5.57 Å². The van der Waals surface area contributed by atoms with Crippen molar-refractivity contribution in [2.24, 2.45) is 11.7 Å². The number of nitrogens with zero attached hydrogens (tertiary/aromatic N) is 2. The maximum atomic E-state index is 11.3. The van der Waals surface area contributed by atoms with Crippen molar-refractivity contribution < 1.29 is 9.63 Å². The molecule has 5 nitrogen and oxygen atoms in total. The number of hydrogen-bond donors (Lipinski definition) is 1. The van der Waals surface area contributed by atoms with Gasteiger partial charge in [0.2, 0.25) is 0 Å². The molecule has 4 rings (SSSR count). The summed E-state index contributed by atoms with van der Waals surface area (Å²) in [6.45, 7) is 2.37. The second kappa shape index (κ2) is 11.0. The number of carbonyl (C=O) groups is 1. The maximum Gasteiger partial charge on any atom is 0.119 e. The molecule has 0 bridgehead atoms. The smallest absolute Gasteiger partial charge is 0.119 e. The Kier molecular flexibility index (Phi) is 7.82. The molecule has 0 saturated heterocycles. The molecule has 0 spiro atoms. The van der Waals surface area contributed by atoms with Gasteiger partial charge in [-0.2, -0.15) is 5.26 Å². The number of aldehydes is 1. The molecular weight excluding hydrogens is 422 g/mol. The number of carbonyl (C=O) groups excluding carboxylic acids is 1. The topological polar surface area (TPSA) is 79.3 Å². The summed E-state index contributed by atoms with van der Waals surface area (Å²) in [7, 11) is 0. The lowest BCUT2D eigenvalue weighted by Gasteiger charge is -2.50. The van der Waals surface area contributed by atoms with E-state index in [1.807, 2.05) is 36.3 Å². The molecular formula is C29H35N3O2. The number of para-hydroxylation sites is 1. The van der Waals surface area contributed by atoms with E-state index in [4.69, 9.17) is 10.6 Å². The van der Waals surface area contributed by atoms with Gasteiger partial charge in [-0.05, 0) is 67.4 Å². The fourth-order valence-corrected chi connectivity index (χ4v) is 5.91. The van der Waals surface area contributed by atoms with Crippen LogP contribution in [0.5, 0.6) is 0 Å². The predicted octanol–water partition coefficient (Wildman–Crippen LogP) is 5.89. The van der Waals surface area contributed by atoms with E-state index < -0.39 is 0 Å². The van der Waals surface area contributed by atoms with Crippen molar-refractivity contribution in [3.8, 4) is 6.07 Å². The van der Waals surface area contributed by atoms with Crippen molar-refractivity contribution in [3.63, 3.8) is 0 Å². The van der Waals surface area contributed by atoms with Crippen LogP contribution in [0, 0.1) is 17.2 Å². The standard InChI is InChI=1S/C29H35N3O2/c1-22(19-30)34-32-21-27(25-14-6-5-11-23(25)20-31)29(17-9-10-18-33,24-12-3-2-4-13-24)26-15-7-8-16-28(26)32/h5-8,11,14-16,18,21-22,24H,2-4,9-10,12-13,17,19,30H2,1H3. The van der Waals surface area contributed by atoms with E-state index in [0.29, 0.717) is 24.4 Å². The lowest BCUT2D eigenvalue weighted by Crippen LogP contribution is -2.44. The normalized spacial score (nSPS) is 21.3. The molecule has 1 aliphatic carbocycles. The number of allylic oxidation sites excluding steroid dienone is 1. The summed E-state index contributed by atoms with van der Waals surface area (Å²) in [5, 5.41) is 11.9. The minimum atomic E-state index is -0.293. The first-order chi connectivity index (χ1) is 16.7. The quantitative estimate of drug-likeness (QED) is 0.375. The molecule has 2 aromatic carbocycles. The Hall–Kier alpha value is -2.94. The van der Waals surface area contributed by atoms with Gasteiger partial charge < -0.3 is 10.5 Å².